The molecule has 19 heavy (non-hydrogen) atoms. The number of hydrogen-bond acceptors (Lipinski definition) is 3. The van der Waals surface area contributed by atoms with Gasteiger partial charge in [-0.2, -0.15) is 0 Å². The predicted molar refractivity (Wildman–Crippen MR) is 73.3 cm³/mol. The van der Waals surface area contributed by atoms with Gasteiger partial charge in [-0.15, -0.1) is 0 Å². The molecule has 0 aromatic heterocycles. The van der Waals surface area contributed by atoms with Crippen molar-refractivity contribution in [1.29, 1.82) is 0 Å². The highest BCUT2D eigenvalue weighted by Gasteiger charge is 2.26. The molecular weight excluding hydrogens is 244 g/mol. The van der Waals surface area contributed by atoms with Crippen molar-refractivity contribution in [2.45, 2.75) is 58.1 Å². The molecule has 0 spiro atoms. The third kappa shape index (κ3) is 5.19. The van der Waals surface area contributed by atoms with Gasteiger partial charge in [0.05, 0.1) is 0 Å². The number of amides is 2. The number of primary amides is 1. The molecule has 0 aliphatic heterocycles. The Morgan fingerprint density at radius 1 is 1.32 bits per heavy atom. The molecule has 5 nitrogen and oxygen atoms in total. The second kappa shape index (κ2) is 7.48. The monoisotopic (exact) mass is 270 g/mol. The summed E-state index contributed by atoms with van der Waals surface area (Å²) < 4.78 is 5.00. The smallest absolute Gasteiger partial charge is 0.246 e. The molecule has 0 heterocycles. The van der Waals surface area contributed by atoms with E-state index in [1.165, 1.54) is 7.11 Å². The van der Waals surface area contributed by atoms with Crippen molar-refractivity contribution >= 4 is 11.8 Å². The van der Waals surface area contributed by atoms with Crippen LogP contribution in [0.25, 0.3) is 0 Å². The van der Waals surface area contributed by atoms with Crippen molar-refractivity contribution in [2.75, 3.05) is 7.11 Å². The van der Waals surface area contributed by atoms with Crippen LogP contribution in [-0.4, -0.2) is 31.1 Å². The minimum atomic E-state index is -0.637. The van der Waals surface area contributed by atoms with Crippen LogP contribution in [0.5, 0.6) is 0 Å². The van der Waals surface area contributed by atoms with E-state index in [1.807, 2.05) is 6.92 Å². The summed E-state index contributed by atoms with van der Waals surface area (Å²) in [6.45, 7) is 4.10. The summed E-state index contributed by atoms with van der Waals surface area (Å²) in [5.41, 5.74) is 5.21. The lowest BCUT2D eigenvalue weighted by molar-refractivity contribution is -0.130. The number of nitrogens with two attached hydrogens (primary N) is 1. The Bertz CT molecular complexity index is 312. The van der Waals surface area contributed by atoms with Crippen LogP contribution in [0, 0.1) is 11.8 Å². The Hall–Kier alpha value is -1.10. The zero-order valence-electron chi connectivity index (χ0n) is 12.1. The Labute approximate surface area is 115 Å². The first kappa shape index (κ1) is 16.0. The number of carbonyl (C=O) groups excluding carboxylic acids is 2. The molecule has 5 heteroatoms. The molecule has 0 saturated heterocycles. The Morgan fingerprint density at radius 2 is 1.89 bits per heavy atom. The molecule has 0 radical (unpaired) electrons. The number of hydrogen-bond donors (Lipinski definition) is 2. The maximum absolute atomic E-state index is 12.1. The van der Waals surface area contributed by atoms with Gasteiger partial charge in [0.2, 0.25) is 11.8 Å². The van der Waals surface area contributed by atoms with Crippen LogP contribution in [0.1, 0.15) is 46.0 Å². The van der Waals surface area contributed by atoms with E-state index in [9.17, 15) is 9.59 Å². The summed E-state index contributed by atoms with van der Waals surface area (Å²) in [6.07, 6.45) is 3.94. The third-order valence-electron chi connectivity index (χ3n) is 3.94. The van der Waals surface area contributed by atoms with Gasteiger partial charge in [0.25, 0.3) is 0 Å². The van der Waals surface area contributed by atoms with E-state index in [0.29, 0.717) is 6.42 Å². The van der Waals surface area contributed by atoms with Gasteiger partial charge >= 0.3 is 0 Å². The third-order valence-corrected chi connectivity index (χ3v) is 3.94. The van der Waals surface area contributed by atoms with Crippen molar-refractivity contribution in [3.05, 3.63) is 0 Å². The number of carbonyl (C=O) groups is 2. The summed E-state index contributed by atoms with van der Waals surface area (Å²) in [4.78, 5) is 23.2. The van der Waals surface area contributed by atoms with E-state index in [2.05, 4.69) is 12.2 Å². The van der Waals surface area contributed by atoms with Crippen LogP contribution in [0.4, 0.5) is 0 Å². The lowest BCUT2D eigenvalue weighted by Gasteiger charge is -2.27. The molecule has 1 aliphatic rings. The molecule has 3 N–H and O–H groups in total. The molecule has 110 valence electrons. The first-order valence-corrected chi connectivity index (χ1v) is 7.06. The minimum Gasteiger partial charge on any atom is -0.372 e. The lowest BCUT2D eigenvalue weighted by Crippen LogP contribution is -2.42. The SMILES string of the molecule is COC(C[C@H](C)NC(=O)C1CCC(C)CC1)C(N)=O. The number of methoxy groups -OCH3 is 1. The Balaban J connectivity index is 2.37. The van der Waals surface area contributed by atoms with Crippen molar-refractivity contribution in [2.24, 2.45) is 17.6 Å². The molecule has 1 rings (SSSR count). The molecule has 1 saturated carbocycles. The van der Waals surface area contributed by atoms with Crippen LogP contribution in [-0.2, 0) is 14.3 Å². The van der Waals surface area contributed by atoms with Gasteiger partial charge in [-0.05, 0) is 38.5 Å². The highest BCUT2D eigenvalue weighted by Crippen LogP contribution is 2.28. The normalized spacial score (nSPS) is 26.5. The molecule has 0 aromatic rings. The first-order chi connectivity index (χ1) is 8.93. The van der Waals surface area contributed by atoms with Gasteiger partial charge in [0.15, 0.2) is 0 Å². The zero-order chi connectivity index (χ0) is 14.4. The fourth-order valence-electron chi connectivity index (χ4n) is 2.59. The fraction of sp³-hybridized carbons (Fsp3) is 0.857. The van der Waals surface area contributed by atoms with Gasteiger partial charge in [0, 0.05) is 25.5 Å². The molecule has 0 bridgehead atoms. The van der Waals surface area contributed by atoms with Gasteiger partial charge < -0.3 is 15.8 Å². The topological polar surface area (TPSA) is 81.4 Å². The van der Waals surface area contributed by atoms with Gasteiger partial charge in [0.1, 0.15) is 6.10 Å². The summed E-state index contributed by atoms with van der Waals surface area (Å²) in [7, 11) is 1.45. The van der Waals surface area contributed by atoms with Crippen molar-refractivity contribution in [3.63, 3.8) is 0 Å². The lowest BCUT2D eigenvalue weighted by atomic mass is 9.82. The molecule has 1 unspecified atom stereocenters. The second-order valence-corrected chi connectivity index (χ2v) is 5.73. The fourth-order valence-corrected chi connectivity index (χ4v) is 2.59. The first-order valence-electron chi connectivity index (χ1n) is 7.06. The maximum Gasteiger partial charge on any atom is 0.246 e. The zero-order valence-corrected chi connectivity index (χ0v) is 12.1. The summed E-state index contributed by atoms with van der Waals surface area (Å²) in [5.74, 6) is 0.455. The molecule has 2 amide bonds. The quantitative estimate of drug-likeness (QED) is 0.761. The van der Waals surface area contributed by atoms with E-state index >= 15 is 0 Å². The standard InChI is InChI=1S/C14H26N2O3/c1-9-4-6-11(7-5-9)14(18)16-10(2)8-12(19-3)13(15)17/h9-12H,4-8H2,1-3H3,(H2,15,17)(H,16,18)/t9?,10-,11?,12?/m0/s1. The van der Waals surface area contributed by atoms with Gasteiger partial charge in [-0.25, -0.2) is 0 Å². The van der Waals surface area contributed by atoms with E-state index < -0.39 is 12.0 Å². The molecule has 2 atom stereocenters. The van der Waals surface area contributed by atoms with Crippen LogP contribution in [0.2, 0.25) is 0 Å². The summed E-state index contributed by atoms with van der Waals surface area (Å²) >= 11 is 0. The van der Waals surface area contributed by atoms with E-state index in [1.54, 1.807) is 0 Å². The van der Waals surface area contributed by atoms with Gasteiger partial charge in [-0.1, -0.05) is 6.92 Å². The van der Waals surface area contributed by atoms with Crippen LogP contribution < -0.4 is 11.1 Å². The van der Waals surface area contributed by atoms with Crippen molar-refractivity contribution in [1.82, 2.24) is 5.32 Å². The highest BCUT2D eigenvalue weighted by atomic mass is 16.5. The molecule has 1 fully saturated rings. The van der Waals surface area contributed by atoms with Gasteiger partial charge in [-0.3, -0.25) is 9.59 Å². The van der Waals surface area contributed by atoms with Crippen LogP contribution in [0.15, 0.2) is 0 Å². The predicted octanol–water partition coefficient (Wildman–Crippen LogP) is 1.21. The van der Waals surface area contributed by atoms with E-state index in [4.69, 9.17) is 10.5 Å². The largest absolute Gasteiger partial charge is 0.372 e. The van der Waals surface area contributed by atoms with Crippen molar-refractivity contribution in [3.8, 4) is 0 Å². The molecule has 1 aliphatic carbocycles. The minimum absolute atomic E-state index is 0.0960. The summed E-state index contributed by atoms with van der Waals surface area (Å²) in [5, 5.41) is 2.96. The van der Waals surface area contributed by atoms with Crippen LogP contribution >= 0.6 is 0 Å². The second-order valence-electron chi connectivity index (χ2n) is 5.73. The number of ether oxygens (including phenoxy) is 1. The van der Waals surface area contributed by atoms with E-state index in [-0.39, 0.29) is 17.9 Å². The Kier molecular flexibility index (Phi) is 6.28. The van der Waals surface area contributed by atoms with Crippen LogP contribution in [0.3, 0.4) is 0 Å². The van der Waals surface area contributed by atoms with E-state index in [0.717, 1.165) is 31.6 Å². The highest BCUT2D eigenvalue weighted by molar-refractivity contribution is 5.80. The number of rotatable bonds is 6. The van der Waals surface area contributed by atoms with Crippen molar-refractivity contribution < 1.29 is 14.3 Å². The average molecular weight is 270 g/mol. The molecular formula is C14H26N2O3. The maximum atomic E-state index is 12.1. The average Bonchev–Trinajstić information content (AvgIpc) is 2.36. The summed E-state index contributed by atoms with van der Waals surface area (Å²) in [6, 6.07) is -0.107. The molecule has 0 aromatic carbocycles. The Morgan fingerprint density at radius 3 is 2.37 bits per heavy atom. The number of nitrogens with one attached hydrogen (secondary N) is 1.